The van der Waals surface area contributed by atoms with Crippen LogP contribution in [-0.4, -0.2) is 39.7 Å². The zero-order valence-electron chi connectivity index (χ0n) is 12.5. The number of pyridine rings is 1. The number of anilines is 1. The highest BCUT2D eigenvalue weighted by Gasteiger charge is 2.12. The summed E-state index contributed by atoms with van der Waals surface area (Å²) >= 11 is 0. The molecule has 0 saturated carbocycles. The maximum absolute atomic E-state index is 12.1. The van der Waals surface area contributed by atoms with Crippen molar-refractivity contribution >= 4 is 22.5 Å². The highest BCUT2D eigenvalue weighted by atomic mass is 32.2. The van der Waals surface area contributed by atoms with Gasteiger partial charge in [0.05, 0.1) is 0 Å². The van der Waals surface area contributed by atoms with Crippen LogP contribution in [-0.2, 0) is 10.8 Å². The van der Waals surface area contributed by atoms with Crippen LogP contribution >= 0.6 is 0 Å². The summed E-state index contributed by atoms with van der Waals surface area (Å²) in [6.07, 6.45) is 2.63. The van der Waals surface area contributed by atoms with Gasteiger partial charge in [-0.2, -0.15) is 0 Å². The Kier molecular flexibility index (Phi) is 6.64. The molecule has 0 fully saturated rings. The summed E-state index contributed by atoms with van der Waals surface area (Å²) in [5, 5.41) is 6.03. The third kappa shape index (κ3) is 5.69. The summed E-state index contributed by atoms with van der Waals surface area (Å²) < 4.78 is 11.1. The molecule has 0 aliphatic rings. The normalized spacial score (nSPS) is 13.6. The first-order chi connectivity index (χ1) is 9.42. The molecule has 112 valence electrons. The second-order valence-electron chi connectivity index (χ2n) is 4.92. The third-order valence-electron chi connectivity index (χ3n) is 2.63. The third-order valence-corrected chi connectivity index (χ3v) is 3.60. The van der Waals surface area contributed by atoms with Crippen LogP contribution in [0.15, 0.2) is 12.1 Å². The fraction of sp³-hybridized carbons (Fsp3) is 0.571. The van der Waals surface area contributed by atoms with Gasteiger partial charge in [-0.05, 0) is 32.4 Å². The van der Waals surface area contributed by atoms with Crippen molar-refractivity contribution in [1.29, 1.82) is 0 Å². The average Bonchev–Trinajstić information content (AvgIpc) is 2.34. The number of aromatic nitrogens is 1. The van der Waals surface area contributed by atoms with Gasteiger partial charge in [-0.1, -0.05) is 6.92 Å². The number of hydrogen-bond donors (Lipinski definition) is 2. The molecular weight excluding hydrogens is 274 g/mol. The van der Waals surface area contributed by atoms with Crippen molar-refractivity contribution in [2.24, 2.45) is 0 Å². The molecule has 1 aromatic heterocycles. The summed E-state index contributed by atoms with van der Waals surface area (Å²) in [7, 11) is -0.921. The predicted octanol–water partition coefficient (Wildman–Crippen LogP) is 1.71. The molecule has 1 amide bonds. The molecule has 1 heterocycles. The molecule has 6 heteroatoms. The lowest BCUT2D eigenvalue weighted by molar-refractivity contribution is 0.0943. The highest BCUT2D eigenvalue weighted by Crippen LogP contribution is 2.10. The summed E-state index contributed by atoms with van der Waals surface area (Å²) in [6.45, 7) is 6.60. The van der Waals surface area contributed by atoms with Crippen LogP contribution in [0, 0.1) is 6.92 Å². The molecule has 0 spiro atoms. The Morgan fingerprint density at radius 3 is 2.75 bits per heavy atom. The van der Waals surface area contributed by atoms with E-state index in [4.69, 9.17) is 0 Å². The lowest BCUT2D eigenvalue weighted by Crippen LogP contribution is -2.36. The van der Waals surface area contributed by atoms with E-state index in [0.29, 0.717) is 17.1 Å². The Hall–Kier alpha value is -1.43. The fourth-order valence-electron chi connectivity index (χ4n) is 1.84. The SMILES string of the molecule is CCCNc1cc(C(=O)NC(C)CS(C)=O)cc(C)n1. The van der Waals surface area contributed by atoms with E-state index in [9.17, 15) is 9.00 Å². The summed E-state index contributed by atoms with van der Waals surface area (Å²) in [5.74, 6) is 1.01. The number of nitrogens with one attached hydrogen (secondary N) is 2. The molecule has 0 saturated heterocycles. The minimum atomic E-state index is -0.921. The van der Waals surface area contributed by atoms with Crippen LogP contribution in [0.4, 0.5) is 5.82 Å². The van der Waals surface area contributed by atoms with E-state index in [2.05, 4.69) is 22.5 Å². The summed E-state index contributed by atoms with van der Waals surface area (Å²) in [6, 6.07) is 3.38. The minimum Gasteiger partial charge on any atom is -0.370 e. The lowest BCUT2D eigenvalue weighted by Gasteiger charge is -2.13. The number of carbonyl (C=O) groups is 1. The molecule has 20 heavy (non-hydrogen) atoms. The Labute approximate surface area is 123 Å². The van der Waals surface area contributed by atoms with Crippen LogP contribution < -0.4 is 10.6 Å². The Morgan fingerprint density at radius 1 is 1.45 bits per heavy atom. The molecule has 0 bridgehead atoms. The molecule has 1 rings (SSSR count). The van der Waals surface area contributed by atoms with E-state index < -0.39 is 10.8 Å². The van der Waals surface area contributed by atoms with Gasteiger partial charge in [0.25, 0.3) is 5.91 Å². The van der Waals surface area contributed by atoms with E-state index >= 15 is 0 Å². The maximum atomic E-state index is 12.1. The highest BCUT2D eigenvalue weighted by molar-refractivity contribution is 7.84. The van der Waals surface area contributed by atoms with Crippen LogP contribution in [0.25, 0.3) is 0 Å². The quantitative estimate of drug-likeness (QED) is 0.804. The molecule has 1 aromatic rings. The van der Waals surface area contributed by atoms with E-state index in [1.165, 1.54) is 0 Å². The zero-order chi connectivity index (χ0) is 15.1. The number of carbonyl (C=O) groups excluding carboxylic acids is 1. The number of rotatable bonds is 7. The van der Waals surface area contributed by atoms with Crippen molar-refractivity contribution in [1.82, 2.24) is 10.3 Å². The topological polar surface area (TPSA) is 71.1 Å². The van der Waals surface area contributed by atoms with Crippen molar-refractivity contribution < 1.29 is 9.00 Å². The number of nitrogens with zero attached hydrogens (tertiary/aromatic N) is 1. The summed E-state index contributed by atoms with van der Waals surface area (Å²) in [5.41, 5.74) is 1.37. The van der Waals surface area contributed by atoms with Gasteiger partial charge in [-0.25, -0.2) is 4.98 Å². The Morgan fingerprint density at radius 2 is 2.15 bits per heavy atom. The predicted molar refractivity (Wildman–Crippen MR) is 83.6 cm³/mol. The molecule has 0 radical (unpaired) electrons. The van der Waals surface area contributed by atoms with Gasteiger partial charge < -0.3 is 10.6 Å². The molecule has 2 atom stereocenters. The minimum absolute atomic E-state index is 0.117. The van der Waals surface area contributed by atoms with Gasteiger partial charge >= 0.3 is 0 Å². The fourth-order valence-corrected chi connectivity index (χ4v) is 2.63. The van der Waals surface area contributed by atoms with Crippen LogP contribution in [0.3, 0.4) is 0 Å². The maximum Gasteiger partial charge on any atom is 0.251 e. The van der Waals surface area contributed by atoms with Crippen molar-refractivity contribution in [3.63, 3.8) is 0 Å². The van der Waals surface area contributed by atoms with Gasteiger partial charge in [-0.3, -0.25) is 9.00 Å². The first kappa shape index (κ1) is 16.6. The molecule has 5 nitrogen and oxygen atoms in total. The van der Waals surface area contributed by atoms with Crippen molar-refractivity contribution in [3.05, 3.63) is 23.4 Å². The van der Waals surface area contributed by atoms with Crippen LogP contribution in [0.1, 0.15) is 36.3 Å². The van der Waals surface area contributed by atoms with Gasteiger partial charge in [0, 0.05) is 46.7 Å². The Balaban J connectivity index is 2.76. The van der Waals surface area contributed by atoms with Crippen molar-refractivity contribution in [2.45, 2.75) is 33.2 Å². The smallest absolute Gasteiger partial charge is 0.251 e. The second kappa shape index (κ2) is 7.99. The first-order valence-corrected chi connectivity index (χ1v) is 8.48. The standard InChI is InChI=1S/C14H23N3O2S/c1-5-6-15-13-8-12(7-10(2)16-13)14(18)17-11(3)9-20(4)19/h7-8,11H,5-6,9H2,1-4H3,(H,15,16)(H,17,18). The molecule has 2 unspecified atom stereocenters. The van der Waals surface area contributed by atoms with Gasteiger partial charge in [0.2, 0.25) is 0 Å². The van der Waals surface area contributed by atoms with Crippen LogP contribution in [0.2, 0.25) is 0 Å². The van der Waals surface area contributed by atoms with Gasteiger partial charge in [0.1, 0.15) is 5.82 Å². The number of hydrogen-bond acceptors (Lipinski definition) is 4. The second-order valence-corrected chi connectivity index (χ2v) is 6.40. The molecular formula is C14H23N3O2S. The van der Waals surface area contributed by atoms with E-state index in [1.54, 1.807) is 18.4 Å². The average molecular weight is 297 g/mol. The van der Waals surface area contributed by atoms with E-state index in [1.807, 2.05) is 13.8 Å². The number of aryl methyl sites for hydroxylation is 1. The van der Waals surface area contributed by atoms with Crippen molar-refractivity contribution in [2.75, 3.05) is 23.9 Å². The van der Waals surface area contributed by atoms with E-state index in [-0.39, 0.29) is 11.9 Å². The zero-order valence-corrected chi connectivity index (χ0v) is 13.3. The largest absolute Gasteiger partial charge is 0.370 e. The summed E-state index contributed by atoms with van der Waals surface area (Å²) in [4.78, 5) is 16.5. The number of amides is 1. The Bertz CT molecular complexity index is 491. The van der Waals surface area contributed by atoms with E-state index in [0.717, 1.165) is 18.7 Å². The monoisotopic (exact) mass is 297 g/mol. The molecule has 0 aromatic carbocycles. The lowest BCUT2D eigenvalue weighted by atomic mass is 10.2. The molecule has 0 aliphatic carbocycles. The van der Waals surface area contributed by atoms with Crippen molar-refractivity contribution in [3.8, 4) is 0 Å². The van der Waals surface area contributed by atoms with Crippen LogP contribution in [0.5, 0.6) is 0 Å². The van der Waals surface area contributed by atoms with Gasteiger partial charge in [-0.15, -0.1) is 0 Å². The first-order valence-electron chi connectivity index (χ1n) is 6.75. The van der Waals surface area contributed by atoms with Gasteiger partial charge in [0.15, 0.2) is 0 Å². The molecule has 0 aliphatic heterocycles. The molecule has 2 N–H and O–H groups in total.